The SMILES string of the molecule is CCC(C)NS(=O)(=O)c1ccc(C(=O)NCc2cccc(OC(F)F)c2)cc1. The number of amides is 1. The molecule has 0 spiro atoms. The van der Waals surface area contributed by atoms with Crippen molar-refractivity contribution < 1.29 is 26.7 Å². The van der Waals surface area contributed by atoms with Crippen molar-refractivity contribution in [2.45, 2.75) is 44.4 Å². The van der Waals surface area contributed by atoms with Crippen molar-refractivity contribution in [2.24, 2.45) is 0 Å². The van der Waals surface area contributed by atoms with Gasteiger partial charge in [-0.05, 0) is 55.3 Å². The van der Waals surface area contributed by atoms with Gasteiger partial charge in [0.15, 0.2) is 0 Å². The normalized spacial score (nSPS) is 12.6. The average Bonchev–Trinajstić information content (AvgIpc) is 2.65. The molecule has 2 rings (SSSR count). The fourth-order valence-corrected chi connectivity index (χ4v) is 3.64. The molecule has 0 saturated carbocycles. The second-order valence-corrected chi connectivity index (χ2v) is 7.88. The monoisotopic (exact) mass is 412 g/mol. The molecule has 28 heavy (non-hydrogen) atoms. The van der Waals surface area contributed by atoms with Gasteiger partial charge in [0.1, 0.15) is 5.75 Å². The number of sulfonamides is 1. The Morgan fingerprint density at radius 3 is 2.43 bits per heavy atom. The highest BCUT2D eigenvalue weighted by Gasteiger charge is 2.17. The molecule has 0 heterocycles. The van der Waals surface area contributed by atoms with Crippen molar-refractivity contribution >= 4 is 15.9 Å². The number of rotatable bonds is 9. The summed E-state index contributed by atoms with van der Waals surface area (Å²) >= 11 is 0. The van der Waals surface area contributed by atoms with Gasteiger partial charge in [0, 0.05) is 18.2 Å². The number of hydrogen-bond donors (Lipinski definition) is 2. The topological polar surface area (TPSA) is 84.5 Å². The van der Waals surface area contributed by atoms with Crippen molar-refractivity contribution in [1.29, 1.82) is 0 Å². The molecule has 0 aliphatic rings. The number of hydrogen-bond acceptors (Lipinski definition) is 4. The van der Waals surface area contributed by atoms with E-state index in [-0.39, 0.29) is 28.8 Å². The standard InChI is InChI=1S/C19H22F2N2O4S/c1-3-13(2)23-28(25,26)17-9-7-15(8-10-17)18(24)22-12-14-5-4-6-16(11-14)27-19(20)21/h4-11,13,19,23H,3,12H2,1-2H3,(H,22,24). The van der Waals surface area contributed by atoms with Gasteiger partial charge in [0.25, 0.3) is 5.91 Å². The van der Waals surface area contributed by atoms with Crippen LogP contribution in [0, 0.1) is 0 Å². The van der Waals surface area contributed by atoms with Gasteiger partial charge >= 0.3 is 6.61 Å². The summed E-state index contributed by atoms with van der Waals surface area (Å²) in [6.07, 6.45) is 0.656. The van der Waals surface area contributed by atoms with Crippen LogP contribution in [-0.2, 0) is 16.6 Å². The lowest BCUT2D eigenvalue weighted by atomic mass is 10.2. The molecule has 9 heteroatoms. The van der Waals surface area contributed by atoms with E-state index in [1.54, 1.807) is 19.1 Å². The van der Waals surface area contributed by atoms with Crippen LogP contribution in [0.15, 0.2) is 53.4 Å². The van der Waals surface area contributed by atoms with E-state index in [1.165, 1.54) is 36.4 Å². The molecule has 152 valence electrons. The molecule has 1 unspecified atom stereocenters. The predicted octanol–water partition coefficient (Wildman–Crippen LogP) is 3.29. The molecule has 0 aromatic heterocycles. The van der Waals surface area contributed by atoms with Gasteiger partial charge in [-0.2, -0.15) is 8.78 Å². The van der Waals surface area contributed by atoms with Gasteiger partial charge in [-0.3, -0.25) is 4.79 Å². The average molecular weight is 412 g/mol. The van der Waals surface area contributed by atoms with Crippen molar-refractivity contribution in [3.05, 3.63) is 59.7 Å². The fraction of sp³-hybridized carbons (Fsp3) is 0.316. The van der Waals surface area contributed by atoms with E-state index in [0.29, 0.717) is 12.0 Å². The van der Waals surface area contributed by atoms with E-state index < -0.39 is 22.5 Å². The van der Waals surface area contributed by atoms with Crippen molar-refractivity contribution in [3.8, 4) is 5.75 Å². The lowest BCUT2D eigenvalue weighted by Crippen LogP contribution is -2.32. The summed E-state index contributed by atoms with van der Waals surface area (Å²) in [5.74, 6) is -0.413. The minimum absolute atomic E-state index is 0.00474. The first kappa shape index (κ1) is 21.8. The van der Waals surface area contributed by atoms with Crippen LogP contribution in [0.5, 0.6) is 5.75 Å². The second-order valence-electron chi connectivity index (χ2n) is 6.16. The number of benzene rings is 2. The maximum atomic E-state index is 12.3. The smallest absolute Gasteiger partial charge is 0.387 e. The Balaban J connectivity index is 2.00. The molecule has 2 aromatic carbocycles. The van der Waals surface area contributed by atoms with Gasteiger partial charge in [-0.25, -0.2) is 13.1 Å². The minimum Gasteiger partial charge on any atom is -0.435 e. The largest absolute Gasteiger partial charge is 0.435 e. The van der Waals surface area contributed by atoms with E-state index in [9.17, 15) is 22.0 Å². The summed E-state index contributed by atoms with van der Waals surface area (Å²) < 4.78 is 55.8. The Hall–Kier alpha value is -2.52. The Bertz CT molecular complexity index is 902. The first-order chi connectivity index (χ1) is 13.2. The van der Waals surface area contributed by atoms with Crippen LogP contribution in [-0.4, -0.2) is 27.0 Å². The number of carbonyl (C=O) groups excluding carboxylic acids is 1. The third-order valence-corrected chi connectivity index (χ3v) is 5.58. The summed E-state index contributed by atoms with van der Waals surface area (Å²) in [6.45, 7) is 0.820. The molecule has 0 aliphatic carbocycles. The van der Waals surface area contributed by atoms with Crippen LogP contribution >= 0.6 is 0 Å². The fourth-order valence-electron chi connectivity index (χ4n) is 2.32. The molecule has 1 atom stereocenters. The highest BCUT2D eigenvalue weighted by Crippen LogP contribution is 2.16. The maximum absolute atomic E-state index is 12.3. The molecular formula is C19H22F2N2O4S. The van der Waals surface area contributed by atoms with Gasteiger partial charge in [0.2, 0.25) is 10.0 Å². The van der Waals surface area contributed by atoms with E-state index in [1.807, 2.05) is 6.92 Å². The Labute approximate surface area is 163 Å². The summed E-state index contributed by atoms with van der Waals surface area (Å²) in [5.41, 5.74) is 0.867. The molecule has 2 N–H and O–H groups in total. The van der Waals surface area contributed by atoms with Crippen molar-refractivity contribution in [2.75, 3.05) is 0 Å². The third-order valence-electron chi connectivity index (χ3n) is 3.97. The van der Waals surface area contributed by atoms with Gasteiger partial charge in [0.05, 0.1) is 4.90 Å². The lowest BCUT2D eigenvalue weighted by Gasteiger charge is -2.12. The summed E-state index contributed by atoms with van der Waals surface area (Å²) in [6, 6.07) is 11.4. The lowest BCUT2D eigenvalue weighted by molar-refractivity contribution is -0.0498. The van der Waals surface area contributed by atoms with Crippen LogP contribution in [0.3, 0.4) is 0 Å². The van der Waals surface area contributed by atoms with E-state index in [2.05, 4.69) is 14.8 Å². The zero-order valence-electron chi connectivity index (χ0n) is 15.5. The molecule has 2 aromatic rings. The Morgan fingerprint density at radius 1 is 1.14 bits per heavy atom. The molecule has 6 nitrogen and oxygen atoms in total. The zero-order valence-corrected chi connectivity index (χ0v) is 16.3. The summed E-state index contributed by atoms with van der Waals surface area (Å²) in [4.78, 5) is 12.3. The van der Waals surface area contributed by atoms with Crippen molar-refractivity contribution in [1.82, 2.24) is 10.0 Å². The van der Waals surface area contributed by atoms with E-state index in [4.69, 9.17) is 0 Å². The third kappa shape index (κ3) is 6.28. The van der Waals surface area contributed by atoms with Crippen LogP contribution in [0.2, 0.25) is 0 Å². The number of carbonyl (C=O) groups is 1. The Kier molecular flexibility index (Phi) is 7.47. The van der Waals surface area contributed by atoms with Crippen LogP contribution in [0.1, 0.15) is 36.2 Å². The van der Waals surface area contributed by atoms with E-state index >= 15 is 0 Å². The van der Waals surface area contributed by atoms with Crippen LogP contribution < -0.4 is 14.8 Å². The number of nitrogens with one attached hydrogen (secondary N) is 2. The number of alkyl halides is 2. The quantitative estimate of drug-likeness (QED) is 0.662. The Morgan fingerprint density at radius 2 is 1.82 bits per heavy atom. The highest BCUT2D eigenvalue weighted by molar-refractivity contribution is 7.89. The van der Waals surface area contributed by atoms with Crippen molar-refractivity contribution in [3.63, 3.8) is 0 Å². The highest BCUT2D eigenvalue weighted by atomic mass is 32.2. The molecule has 0 saturated heterocycles. The molecular weight excluding hydrogens is 390 g/mol. The van der Waals surface area contributed by atoms with Crippen LogP contribution in [0.25, 0.3) is 0 Å². The second kappa shape index (κ2) is 9.61. The molecule has 0 bridgehead atoms. The zero-order chi connectivity index (χ0) is 20.7. The molecule has 1 amide bonds. The molecule has 0 radical (unpaired) electrons. The summed E-state index contributed by atoms with van der Waals surface area (Å²) in [5, 5.41) is 2.65. The van der Waals surface area contributed by atoms with Crippen LogP contribution in [0.4, 0.5) is 8.78 Å². The van der Waals surface area contributed by atoms with Gasteiger partial charge in [-0.15, -0.1) is 0 Å². The molecule has 0 aliphatic heterocycles. The minimum atomic E-state index is -3.64. The van der Waals surface area contributed by atoms with E-state index in [0.717, 1.165) is 0 Å². The molecule has 0 fully saturated rings. The number of halogens is 2. The first-order valence-electron chi connectivity index (χ1n) is 8.65. The van der Waals surface area contributed by atoms with Gasteiger partial charge < -0.3 is 10.1 Å². The maximum Gasteiger partial charge on any atom is 0.387 e. The van der Waals surface area contributed by atoms with Gasteiger partial charge in [-0.1, -0.05) is 19.1 Å². The summed E-state index contributed by atoms with van der Waals surface area (Å²) in [7, 11) is -3.64. The first-order valence-corrected chi connectivity index (χ1v) is 10.1. The predicted molar refractivity (Wildman–Crippen MR) is 101 cm³/mol. The number of ether oxygens (including phenoxy) is 1.